The van der Waals surface area contributed by atoms with Crippen LogP contribution >= 0.6 is 12.1 Å². The molecule has 0 spiro atoms. The molecule has 0 aromatic heterocycles. The van der Waals surface area contributed by atoms with Crippen LogP contribution in [0.4, 0.5) is 0 Å². The van der Waals surface area contributed by atoms with Crippen LogP contribution in [-0.2, 0) is 4.79 Å². The number of isocyanates is 1. The van der Waals surface area contributed by atoms with E-state index in [4.69, 9.17) is 5.26 Å². The van der Waals surface area contributed by atoms with Crippen molar-refractivity contribution in [3.63, 3.8) is 0 Å². The summed E-state index contributed by atoms with van der Waals surface area (Å²) in [6.07, 6.45) is 1.31. The van der Waals surface area contributed by atoms with Gasteiger partial charge in [0.1, 0.15) is 0 Å². The molecule has 0 aromatic carbocycles. The first-order valence-corrected chi connectivity index (χ1v) is 6.33. The molecule has 1 atom stereocenters. The van der Waals surface area contributed by atoms with Crippen molar-refractivity contribution in [2.45, 2.75) is 0 Å². The van der Waals surface area contributed by atoms with Crippen molar-refractivity contribution in [2.24, 2.45) is 4.66 Å². The Bertz CT molecular complexity index is 185. The smallest absolute Gasteiger partial charge is 0.330 e. The molecule has 0 aliphatic carbocycles. The second kappa shape index (κ2) is 3.60. The Labute approximate surface area is 61.7 Å². The highest BCUT2D eigenvalue weighted by atomic mass is 32.3. The molecule has 4 nitrogen and oxygen atoms in total. The molecule has 0 saturated heterocycles. The van der Waals surface area contributed by atoms with Crippen LogP contribution in [-0.4, -0.2) is 24.0 Å². The minimum atomic E-state index is -2.68. The van der Waals surface area contributed by atoms with Crippen molar-refractivity contribution < 1.29 is 4.79 Å². The predicted octanol–water partition coefficient (Wildman–Crippen LogP) is -1.88. The highest BCUT2D eigenvalue weighted by Gasteiger charge is 2.26. The number of thiol groups is 1. The van der Waals surface area contributed by atoms with Gasteiger partial charge in [-0.05, 0) is 0 Å². The van der Waals surface area contributed by atoms with Gasteiger partial charge in [0.15, 0.2) is 0 Å². The van der Waals surface area contributed by atoms with E-state index in [1.807, 2.05) is 5.69 Å². The first kappa shape index (κ1) is 8.61. The molecule has 0 rings (SSSR count). The summed E-state index contributed by atoms with van der Waals surface area (Å²) in [4.78, 5) is 9.66. The summed E-state index contributed by atoms with van der Waals surface area (Å²) in [5.41, 5.74) is 1.83. The van der Waals surface area contributed by atoms with Gasteiger partial charge < -0.3 is 4.65 Å². The van der Waals surface area contributed by atoms with Gasteiger partial charge in [0.25, 0.3) is 0 Å². The number of hydrogen-bond acceptors (Lipinski definition) is 5. The molecule has 0 amide bonds. The number of nitrogens with zero attached hydrogens (tertiary/aromatic N) is 2. The summed E-state index contributed by atoms with van der Waals surface area (Å²) in [5, 5.41) is 8.34. The van der Waals surface area contributed by atoms with E-state index in [0.717, 1.165) is 0 Å². The van der Waals surface area contributed by atoms with Crippen LogP contribution in [0.25, 0.3) is 0 Å². The minimum Gasteiger partial charge on any atom is -0.330 e. The molecule has 48 valence electrons. The minimum absolute atomic E-state index is 0.611. The van der Waals surface area contributed by atoms with Crippen molar-refractivity contribution in [2.75, 3.05) is 0 Å². The van der Waals surface area contributed by atoms with Crippen molar-refractivity contribution in [3.05, 3.63) is 0 Å². The fraction of sp³-hybridized carbons (Fsp3) is 0. The van der Waals surface area contributed by atoms with Crippen molar-refractivity contribution >= 4 is 36.1 Å². The van der Waals surface area contributed by atoms with Gasteiger partial charge in [-0.1, -0.05) is 0 Å². The molecule has 7 heteroatoms. The lowest BCUT2D eigenvalue weighted by Crippen LogP contribution is -2.41. The molecule has 0 aliphatic heterocycles. The zero-order valence-electron chi connectivity index (χ0n) is 4.75. The van der Waals surface area contributed by atoms with Crippen LogP contribution in [0.5, 0.6) is 0 Å². The number of rotatable bonds is 2. The summed E-state index contributed by atoms with van der Waals surface area (Å²) < 4.78 is 5.93. The molecular weight excluding hydrogens is 170 g/mol. The fourth-order valence-corrected chi connectivity index (χ4v) is 1.40. The van der Waals surface area contributed by atoms with Crippen molar-refractivity contribution in [1.29, 1.82) is 5.26 Å². The van der Waals surface area contributed by atoms with Crippen molar-refractivity contribution in [3.8, 4) is 5.69 Å². The van der Waals surface area contributed by atoms with Gasteiger partial charge in [-0.3, -0.25) is 0 Å². The number of nitrogens with one attached hydrogen (secondary N) is 1. The summed E-state index contributed by atoms with van der Waals surface area (Å²) >= 11 is 3.87. The molecule has 0 fully saturated rings. The van der Waals surface area contributed by atoms with E-state index in [2.05, 4.69) is 21.4 Å². The number of carbonyl (C=O) groups excluding carboxylic acids is 1. The number of hydrogen-bond donors (Lipinski definition) is 2. The van der Waals surface area contributed by atoms with E-state index >= 15 is 0 Å². The molecule has 1 unspecified atom stereocenters. The lowest BCUT2D eigenvalue weighted by atomic mass is 11.7. The molecule has 0 saturated carbocycles. The maximum atomic E-state index is 9.66. The Balaban J connectivity index is 4.32. The Morgan fingerprint density at radius 2 is 2.44 bits per heavy atom. The Morgan fingerprint density at radius 1 is 1.89 bits per heavy atom. The second-order valence-corrected chi connectivity index (χ2v) is 6.97. The van der Waals surface area contributed by atoms with E-state index in [1.54, 1.807) is 0 Å². The van der Waals surface area contributed by atoms with E-state index in [0.29, 0.717) is 10.4 Å². The average Bonchev–Trinajstić information content (AvgIpc) is 1.89. The van der Waals surface area contributed by atoms with Crippen LogP contribution in [0.3, 0.4) is 0 Å². The predicted molar refractivity (Wildman–Crippen MR) is 41.5 cm³/mol. The molecule has 0 bridgehead atoms. The summed E-state index contributed by atoms with van der Waals surface area (Å²) in [6, 6.07) is 0. The van der Waals surface area contributed by atoms with Gasteiger partial charge in [-0.2, -0.15) is 0 Å². The summed E-state index contributed by atoms with van der Waals surface area (Å²) in [6.45, 7) is 0. The van der Waals surface area contributed by atoms with Gasteiger partial charge in [-0.15, -0.1) is 12.1 Å². The Morgan fingerprint density at radius 3 is 2.56 bits per heavy atom. The fourth-order valence-electron chi connectivity index (χ4n) is 0.203. The average molecular weight is 175 g/mol. The molecule has 0 heterocycles. The number of nitriles is 1. The SMILES string of the molecule is N#C[Si](S)(N=C=O)N[SiH3]. The van der Waals surface area contributed by atoms with Crippen LogP contribution in [0.1, 0.15) is 0 Å². The summed E-state index contributed by atoms with van der Waals surface area (Å²) in [5.74, 6) is 0. The largest absolute Gasteiger partial charge is 0.431 e. The van der Waals surface area contributed by atoms with Crippen LogP contribution in [0.2, 0.25) is 0 Å². The summed E-state index contributed by atoms with van der Waals surface area (Å²) in [7, 11) is -2.07. The third-order valence-electron chi connectivity index (χ3n) is 0.712. The molecule has 0 aliphatic rings. The quantitative estimate of drug-likeness (QED) is 0.223. The Hall–Kier alpha value is -0.386. The molecule has 0 aromatic rings. The molecular formula is C2H5N3OSSi2. The van der Waals surface area contributed by atoms with Crippen LogP contribution in [0.15, 0.2) is 4.66 Å². The lowest BCUT2D eigenvalue weighted by molar-refractivity contribution is 0.566. The van der Waals surface area contributed by atoms with E-state index in [9.17, 15) is 4.79 Å². The van der Waals surface area contributed by atoms with Gasteiger partial charge in [0.2, 0.25) is 6.08 Å². The lowest BCUT2D eigenvalue weighted by Gasteiger charge is -2.04. The topological polar surface area (TPSA) is 65.2 Å². The first-order valence-electron chi connectivity index (χ1n) is 2.10. The van der Waals surface area contributed by atoms with Gasteiger partial charge >= 0.3 is 7.55 Å². The molecule has 9 heavy (non-hydrogen) atoms. The van der Waals surface area contributed by atoms with Crippen LogP contribution < -0.4 is 4.65 Å². The Kier molecular flexibility index (Phi) is 3.45. The third-order valence-corrected chi connectivity index (χ3v) is 6.84. The van der Waals surface area contributed by atoms with E-state index in [1.165, 1.54) is 6.08 Å². The zero-order chi connectivity index (χ0) is 7.33. The second-order valence-electron chi connectivity index (χ2n) is 1.24. The maximum absolute atomic E-state index is 9.66. The molecule has 0 radical (unpaired) electrons. The van der Waals surface area contributed by atoms with Gasteiger partial charge in [0, 0.05) is 0 Å². The van der Waals surface area contributed by atoms with Gasteiger partial charge in [0.05, 0.1) is 16.1 Å². The normalized spacial score (nSPS) is 15.1. The van der Waals surface area contributed by atoms with Gasteiger partial charge in [-0.25, -0.2) is 14.7 Å². The monoisotopic (exact) mass is 175 g/mol. The van der Waals surface area contributed by atoms with Crippen molar-refractivity contribution in [1.82, 2.24) is 4.65 Å². The van der Waals surface area contributed by atoms with Crippen LogP contribution in [0, 0.1) is 11.0 Å². The third kappa shape index (κ3) is 2.60. The zero-order valence-corrected chi connectivity index (χ0v) is 8.64. The highest BCUT2D eigenvalue weighted by Crippen LogP contribution is 1.99. The standard InChI is InChI=1S/C2H5N3OSSi2/c3-1-9(7,5-8)4-2-6/h5,7H,8H3. The maximum Gasteiger partial charge on any atom is 0.431 e. The molecule has 1 N–H and O–H groups in total. The van der Waals surface area contributed by atoms with E-state index < -0.39 is 7.55 Å². The van der Waals surface area contributed by atoms with E-state index in [-0.39, 0.29) is 0 Å². The highest BCUT2D eigenvalue weighted by molar-refractivity contribution is 8.15. The first-order chi connectivity index (χ1) is 4.18.